The average molecular weight is 297 g/mol. The van der Waals surface area contributed by atoms with E-state index in [4.69, 9.17) is 4.42 Å². The van der Waals surface area contributed by atoms with Gasteiger partial charge in [0.25, 0.3) is 0 Å². The Morgan fingerprint density at radius 1 is 1.14 bits per heavy atom. The number of rotatable bonds is 4. The van der Waals surface area contributed by atoms with Gasteiger partial charge in [-0.2, -0.15) is 13.2 Å². The van der Waals surface area contributed by atoms with Crippen molar-refractivity contribution in [2.75, 3.05) is 6.54 Å². The highest BCUT2D eigenvalue weighted by Gasteiger charge is 2.31. The van der Waals surface area contributed by atoms with Crippen LogP contribution in [-0.4, -0.2) is 6.54 Å². The molecule has 0 aliphatic carbocycles. The minimum absolute atomic E-state index is 0.244. The maximum absolute atomic E-state index is 12.7. The second-order valence-corrected chi connectivity index (χ2v) is 5.01. The molecule has 1 aromatic carbocycles. The van der Waals surface area contributed by atoms with Crippen LogP contribution in [0.2, 0.25) is 0 Å². The van der Waals surface area contributed by atoms with Crippen LogP contribution >= 0.6 is 0 Å². The smallest absolute Gasteiger partial charge is 0.416 e. The molecule has 114 valence electrons. The van der Waals surface area contributed by atoms with Gasteiger partial charge >= 0.3 is 6.18 Å². The summed E-state index contributed by atoms with van der Waals surface area (Å²) in [7, 11) is 0. The number of furan rings is 1. The van der Waals surface area contributed by atoms with Gasteiger partial charge in [0, 0.05) is 0 Å². The van der Waals surface area contributed by atoms with E-state index in [-0.39, 0.29) is 6.04 Å². The van der Waals surface area contributed by atoms with Crippen LogP contribution in [0.5, 0.6) is 0 Å². The van der Waals surface area contributed by atoms with Crippen molar-refractivity contribution in [3.63, 3.8) is 0 Å². The zero-order valence-electron chi connectivity index (χ0n) is 12.2. The number of hydrogen-bond donors (Lipinski definition) is 1. The Kier molecular flexibility index (Phi) is 4.42. The van der Waals surface area contributed by atoms with Crippen molar-refractivity contribution in [2.24, 2.45) is 0 Å². The van der Waals surface area contributed by atoms with Crippen molar-refractivity contribution >= 4 is 0 Å². The molecule has 1 unspecified atom stereocenters. The van der Waals surface area contributed by atoms with Crippen molar-refractivity contribution in [3.8, 4) is 0 Å². The van der Waals surface area contributed by atoms with Gasteiger partial charge in [-0.15, -0.1) is 0 Å². The summed E-state index contributed by atoms with van der Waals surface area (Å²) in [5.41, 5.74) is 0.749. The predicted molar refractivity (Wildman–Crippen MR) is 75.1 cm³/mol. The van der Waals surface area contributed by atoms with E-state index in [1.165, 1.54) is 12.1 Å². The van der Waals surface area contributed by atoms with Crippen molar-refractivity contribution in [2.45, 2.75) is 33.0 Å². The van der Waals surface area contributed by atoms with Crippen molar-refractivity contribution in [1.82, 2.24) is 5.32 Å². The standard InChI is InChI=1S/C16H18F3NO/c1-4-20-15(14-8-5-11(3)21-14)13-7-6-12(9-10(13)2)16(17,18)19/h5-9,15,20H,4H2,1-3H3. The normalized spacial score (nSPS) is 13.4. The van der Waals surface area contributed by atoms with Gasteiger partial charge in [-0.3, -0.25) is 0 Å². The highest BCUT2D eigenvalue weighted by molar-refractivity contribution is 5.38. The fourth-order valence-corrected chi connectivity index (χ4v) is 2.35. The quantitative estimate of drug-likeness (QED) is 0.891. The van der Waals surface area contributed by atoms with E-state index in [1.54, 1.807) is 6.92 Å². The first-order chi connectivity index (χ1) is 9.82. The lowest BCUT2D eigenvalue weighted by Crippen LogP contribution is -2.22. The summed E-state index contributed by atoms with van der Waals surface area (Å²) in [5, 5.41) is 3.25. The molecule has 1 heterocycles. The molecule has 2 nitrogen and oxygen atoms in total. The average Bonchev–Trinajstić information content (AvgIpc) is 2.82. The Morgan fingerprint density at radius 2 is 1.86 bits per heavy atom. The molecule has 0 spiro atoms. The summed E-state index contributed by atoms with van der Waals surface area (Å²) in [6.45, 7) is 6.16. The van der Waals surface area contributed by atoms with E-state index < -0.39 is 11.7 Å². The molecule has 1 atom stereocenters. The summed E-state index contributed by atoms with van der Waals surface area (Å²) in [6, 6.07) is 7.26. The van der Waals surface area contributed by atoms with Gasteiger partial charge < -0.3 is 9.73 Å². The summed E-state index contributed by atoms with van der Waals surface area (Å²) in [6.07, 6.45) is -4.32. The highest BCUT2D eigenvalue weighted by Crippen LogP contribution is 2.33. The maximum atomic E-state index is 12.7. The van der Waals surface area contributed by atoms with Crippen LogP contribution in [-0.2, 0) is 6.18 Å². The number of nitrogens with one attached hydrogen (secondary N) is 1. The number of aryl methyl sites for hydroxylation is 2. The van der Waals surface area contributed by atoms with E-state index in [1.807, 2.05) is 26.0 Å². The zero-order chi connectivity index (χ0) is 15.6. The second-order valence-electron chi connectivity index (χ2n) is 5.01. The topological polar surface area (TPSA) is 25.2 Å². The number of benzene rings is 1. The predicted octanol–water partition coefficient (Wildman–Crippen LogP) is 4.61. The molecule has 1 N–H and O–H groups in total. The van der Waals surface area contributed by atoms with Crippen LogP contribution in [0.25, 0.3) is 0 Å². The fraction of sp³-hybridized carbons (Fsp3) is 0.375. The van der Waals surface area contributed by atoms with Crippen molar-refractivity contribution in [3.05, 3.63) is 58.5 Å². The molecule has 0 saturated heterocycles. The zero-order valence-corrected chi connectivity index (χ0v) is 12.2. The molecular formula is C16H18F3NO. The van der Waals surface area contributed by atoms with Crippen LogP contribution in [0.1, 0.15) is 41.2 Å². The first-order valence-electron chi connectivity index (χ1n) is 6.80. The second kappa shape index (κ2) is 5.93. The van der Waals surface area contributed by atoms with E-state index in [0.717, 1.165) is 17.4 Å². The third-order valence-corrected chi connectivity index (χ3v) is 3.36. The van der Waals surface area contributed by atoms with E-state index in [2.05, 4.69) is 5.32 Å². The Balaban J connectivity index is 2.42. The summed E-state index contributed by atoms with van der Waals surface area (Å²) in [4.78, 5) is 0. The van der Waals surface area contributed by atoms with Gasteiger partial charge in [0.1, 0.15) is 11.5 Å². The molecule has 0 saturated carbocycles. The number of halogens is 3. The Labute approximate surface area is 122 Å². The maximum Gasteiger partial charge on any atom is 0.416 e. The van der Waals surface area contributed by atoms with Gasteiger partial charge in [0.15, 0.2) is 0 Å². The van der Waals surface area contributed by atoms with Gasteiger partial charge in [-0.1, -0.05) is 13.0 Å². The van der Waals surface area contributed by atoms with Gasteiger partial charge in [0.05, 0.1) is 11.6 Å². The summed E-state index contributed by atoms with van der Waals surface area (Å²) in [5.74, 6) is 1.48. The first kappa shape index (κ1) is 15.6. The van der Waals surface area contributed by atoms with Crippen LogP contribution in [0.3, 0.4) is 0 Å². The molecule has 2 rings (SSSR count). The largest absolute Gasteiger partial charge is 0.464 e. The molecular weight excluding hydrogens is 279 g/mol. The molecule has 0 aliphatic heterocycles. The number of hydrogen-bond acceptors (Lipinski definition) is 2. The molecule has 21 heavy (non-hydrogen) atoms. The first-order valence-corrected chi connectivity index (χ1v) is 6.80. The van der Waals surface area contributed by atoms with Crippen LogP contribution in [0.4, 0.5) is 13.2 Å². The molecule has 0 radical (unpaired) electrons. The minimum Gasteiger partial charge on any atom is -0.464 e. The molecule has 0 amide bonds. The lowest BCUT2D eigenvalue weighted by atomic mass is 9.97. The third kappa shape index (κ3) is 3.47. The van der Waals surface area contributed by atoms with Crippen LogP contribution in [0.15, 0.2) is 34.7 Å². The van der Waals surface area contributed by atoms with Gasteiger partial charge in [0.2, 0.25) is 0 Å². The minimum atomic E-state index is -4.32. The van der Waals surface area contributed by atoms with Gasteiger partial charge in [-0.05, 0) is 55.8 Å². The van der Waals surface area contributed by atoms with E-state index >= 15 is 0 Å². The third-order valence-electron chi connectivity index (χ3n) is 3.36. The number of alkyl halides is 3. The molecule has 1 aromatic heterocycles. The summed E-state index contributed by atoms with van der Waals surface area (Å²) < 4.78 is 43.8. The molecule has 5 heteroatoms. The SMILES string of the molecule is CCNC(c1ccc(C)o1)c1ccc(C(F)(F)F)cc1C. The van der Waals surface area contributed by atoms with Crippen LogP contribution in [0, 0.1) is 13.8 Å². The Hall–Kier alpha value is -1.75. The van der Waals surface area contributed by atoms with Crippen molar-refractivity contribution in [1.29, 1.82) is 0 Å². The molecule has 0 fully saturated rings. The highest BCUT2D eigenvalue weighted by atomic mass is 19.4. The van der Waals surface area contributed by atoms with E-state index in [0.29, 0.717) is 17.9 Å². The molecule has 2 aromatic rings. The summed E-state index contributed by atoms with van der Waals surface area (Å²) >= 11 is 0. The molecule has 0 aliphatic rings. The lowest BCUT2D eigenvalue weighted by molar-refractivity contribution is -0.137. The van der Waals surface area contributed by atoms with E-state index in [9.17, 15) is 13.2 Å². The molecule has 0 bridgehead atoms. The fourth-order valence-electron chi connectivity index (χ4n) is 2.35. The lowest BCUT2D eigenvalue weighted by Gasteiger charge is -2.19. The Morgan fingerprint density at radius 3 is 2.33 bits per heavy atom. The monoisotopic (exact) mass is 297 g/mol. The van der Waals surface area contributed by atoms with Crippen LogP contribution < -0.4 is 5.32 Å². The Bertz CT molecular complexity index is 616. The van der Waals surface area contributed by atoms with Gasteiger partial charge in [-0.25, -0.2) is 0 Å². The van der Waals surface area contributed by atoms with Crippen molar-refractivity contribution < 1.29 is 17.6 Å².